The van der Waals surface area contributed by atoms with E-state index >= 15 is 0 Å². The first-order chi connectivity index (χ1) is 16.5. The Morgan fingerprint density at radius 1 is 0.882 bits per heavy atom. The smallest absolute Gasteiger partial charge is 0.277 e. The SMILES string of the molecule is COc1ccc(-n2nc(N(C)O)c3c2C(=O)N(c2ccc(N4CCCCC4=O)cc2)CC3)cc1. The predicted octanol–water partition coefficient (Wildman–Crippen LogP) is 3.43. The van der Waals surface area contributed by atoms with Crippen LogP contribution in [0.3, 0.4) is 0 Å². The first kappa shape index (κ1) is 22.0. The number of carbonyl (C=O) groups excluding carboxylic acids is 2. The molecule has 1 N–H and O–H groups in total. The summed E-state index contributed by atoms with van der Waals surface area (Å²) in [7, 11) is 3.09. The summed E-state index contributed by atoms with van der Waals surface area (Å²) >= 11 is 0. The Morgan fingerprint density at radius 3 is 2.15 bits per heavy atom. The van der Waals surface area contributed by atoms with Gasteiger partial charge in [-0.1, -0.05) is 0 Å². The van der Waals surface area contributed by atoms with Crippen molar-refractivity contribution in [3.05, 3.63) is 59.8 Å². The number of nitrogens with zero attached hydrogens (tertiary/aromatic N) is 5. The van der Waals surface area contributed by atoms with Crippen LogP contribution in [0.4, 0.5) is 17.2 Å². The van der Waals surface area contributed by atoms with Crippen molar-refractivity contribution in [3.63, 3.8) is 0 Å². The maximum Gasteiger partial charge on any atom is 0.277 e. The van der Waals surface area contributed by atoms with E-state index in [0.29, 0.717) is 47.9 Å². The molecular formula is C25H27N5O4. The van der Waals surface area contributed by atoms with Gasteiger partial charge in [-0.05, 0) is 67.8 Å². The summed E-state index contributed by atoms with van der Waals surface area (Å²) in [5.41, 5.74) is 3.43. The van der Waals surface area contributed by atoms with Crippen LogP contribution in [0.25, 0.3) is 5.69 Å². The zero-order valence-electron chi connectivity index (χ0n) is 19.3. The number of fused-ring (bicyclic) bond motifs is 1. The molecule has 0 bridgehead atoms. The predicted molar refractivity (Wildman–Crippen MR) is 128 cm³/mol. The van der Waals surface area contributed by atoms with Crippen LogP contribution in [0.5, 0.6) is 5.75 Å². The van der Waals surface area contributed by atoms with Gasteiger partial charge < -0.3 is 14.5 Å². The van der Waals surface area contributed by atoms with Gasteiger partial charge >= 0.3 is 0 Å². The number of rotatable bonds is 5. The number of hydroxylamine groups is 1. The van der Waals surface area contributed by atoms with Crippen molar-refractivity contribution in [1.29, 1.82) is 0 Å². The lowest BCUT2D eigenvalue weighted by Gasteiger charge is -2.30. The van der Waals surface area contributed by atoms with Crippen molar-refractivity contribution in [2.24, 2.45) is 0 Å². The molecule has 3 heterocycles. The van der Waals surface area contributed by atoms with Gasteiger partial charge in [0.05, 0.1) is 12.8 Å². The van der Waals surface area contributed by atoms with Crippen LogP contribution < -0.4 is 19.6 Å². The van der Waals surface area contributed by atoms with Crippen molar-refractivity contribution < 1.29 is 19.5 Å². The van der Waals surface area contributed by atoms with E-state index in [9.17, 15) is 14.8 Å². The molecular weight excluding hydrogens is 434 g/mol. The molecule has 1 saturated heterocycles. The van der Waals surface area contributed by atoms with Crippen LogP contribution in [0, 0.1) is 0 Å². The number of carbonyl (C=O) groups is 2. The Kier molecular flexibility index (Phi) is 5.70. The minimum Gasteiger partial charge on any atom is -0.497 e. The summed E-state index contributed by atoms with van der Waals surface area (Å²) in [6.07, 6.45) is 3.05. The molecule has 5 rings (SSSR count). The summed E-state index contributed by atoms with van der Waals surface area (Å²) in [5, 5.41) is 15.6. The van der Waals surface area contributed by atoms with Crippen LogP contribution in [0.2, 0.25) is 0 Å². The maximum absolute atomic E-state index is 13.7. The third kappa shape index (κ3) is 3.77. The molecule has 2 aromatic carbocycles. The molecule has 2 amide bonds. The second kappa shape index (κ2) is 8.83. The van der Waals surface area contributed by atoms with Crippen molar-refractivity contribution in [1.82, 2.24) is 9.78 Å². The lowest BCUT2D eigenvalue weighted by molar-refractivity contribution is -0.119. The largest absolute Gasteiger partial charge is 0.497 e. The molecule has 0 unspecified atom stereocenters. The monoisotopic (exact) mass is 461 g/mol. The number of hydrogen-bond donors (Lipinski definition) is 1. The third-order valence-electron chi connectivity index (χ3n) is 6.42. The van der Waals surface area contributed by atoms with E-state index in [1.165, 1.54) is 7.05 Å². The topological polar surface area (TPSA) is 91.1 Å². The van der Waals surface area contributed by atoms with Crippen molar-refractivity contribution in [2.75, 3.05) is 42.1 Å². The van der Waals surface area contributed by atoms with Gasteiger partial charge in [0.1, 0.15) is 11.4 Å². The van der Waals surface area contributed by atoms with Gasteiger partial charge in [-0.3, -0.25) is 14.8 Å². The molecule has 0 radical (unpaired) electrons. The van der Waals surface area contributed by atoms with E-state index in [1.807, 2.05) is 41.3 Å². The summed E-state index contributed by atoms with van der Waals surface area (Å²) in [4.78, 5) is 29.5. The highest BCUT2D eigenvalue weighted by molar-refractivity contribution is 6.08. The molecule has 2 aliphatic heterocycles. The highest BCUT2D eigenvalue weighted by Gasteiger charge is 2.34. The summed E-state index contributed by atoms with van der Waals surface area (Å²) in [5.74, 6) is 1.00. The molecule has 176 valence electrons. The second-order valence-corrected chi connectivity index (χ2v) is 8.51. The molecule has 1 fully saturated rings. The molecule has 34 heavy (non-hydrogen) atoms. The fourth-order valence-electron chi connectivity index (χ4n) is 4.65. The lowest BCUT2D eigenvalue weighted by atomic mass is 10.0. The Labute approximate surface area is 197 Å². The molecule has 1 aromatic heterocycles. The number of ether oxygens (including phenoxy) is 1. The van der Waals surface area contributed by atoms with E-state index in [4.69, 9.17) is 4.74 Å². The fraction of sp³-hybridized carbons (Fsp3) is 0.320. The molecule has 0 spiro atoms. The van der Waals surface area contributed by atoms with Gasteiger partial charge in [-0.25, -0.2) is 9.75 Å². The molecule has 2 aliphatic rings. The minimum absolute atomic E-state index is 0.140. The number of benzene rings is 2. The molecule has 3 aromatic rings. The molecule has 9 heteroatoms. The van der Waals surface area contributed by atoms with Crippen LogP contribution in [-0.2, 0) is 11.2 Å². The molecule has 0 saturated carbocycles. The summed E-state index contributed by atoms with van der Waals surface area (Å²) < 4.78 is 6.82. The Bertz CT molecular complexity index is 1220. The second-order valence-electron chi connectivity index (χ2n) is 8.51. The quantitative estimate of drug-likeness (QED) is 0.586. The average molecular weight is 462 g/mol. The first-order valence-corrected chi connectivity index (χ1v) is 11.4. The Hall–Kier alpha value is -3.85. The third-order valence-corrected chi connectivity index (χ3v) is 6.42. The van der Waals surface area contributed by atoms with Gasteiger partial charge in [0, 0.05) is 43.5 Å². The normalized spacial score (nSPS) is 16.0. The van der Waals surface area contributed by atoms with E-state index < -0.39 is 0 Å². The highest BCUT2D eigenvalue weighted by Crippen LogP contribution is 2.33. The summed E-state index contributed by atoms with van der Waals surface area (Å²) in [6.45, 7) is 1.19. The van der Waals surface area contributed by atoms with E-state index in [0.717, 1.165) is 35.8 Å². The number of hydrogen-bond acceptors (Lipinski definition) is 6. The Morgan fingerprint density at radius 2 is 1.53 bits per heavy atom. The van der Waals surface area contributed by atoms with Gasteiger partial charge in [0.2, 0.25) is 5.91 Å². The fourth-order valence-corrected chi connectivity index (χ4v) is 4.65. The molecule has 0 aliphatic carbocycles. The number of amides is 2. The van der Waals surface area contributed by atoms with E-state index in [-0.39, 0.29) is 11.8 Å². The average Bonchev–Trinajstić information content (AvgIpc) is 3.26. The highest BCUT2D eigenvalue weighted by atomic mass is 16.5. The zero-order valence-corrected chi connectivity index (χ0v) is 19.3. The van der Waals surface area contributed by atoms with Crippen LogP contribution in [-0.4, -0.2) is 54.0 Å². The van der Waals surface area contributed by atoms with E-state index in [2.05, 4.69) is 5.10 Å². The summed E-state index contributed by atoms with van der Waals surface area (Å²) in [6, 6.07) is 14.8. The van der Waals surface area contributed by atoms with Gasteiger partial charge in [0.15, 0.2) is 5.82 Å². The van der Waals surface area contributed by atoms with Crippen LogP contribution in [0.15, 0.2) is 48.5 Å². The van der Waals surface area contributed by atoms with Gasteiger partial charge in [-0.15, -0.1) is 5.10 Å². The maximum atomic E-state index is 13.7. The zero-order chi connectivity index (χ0) is 23.8. The number of methoxy groups -OCH3 is 1. The molecule has 0 atom stereocenters. The number of aromatic nitrogens is 2. The van der Waals surface area contributed by atoms with Gasteiger partial charge in [-0.2, -0.15) is 0 Å². The van der Waals surface area contributed by atoms with Gasteiger partial charge in [0.25, 0.3) is 5.91 Å². The van der Waals surface area contributed by atoms with Crippen LogP contribution >= 0.6 is 0 Å². The lowest BCUT2D eigenvalue weighted by Crippen LogP contribution is -2.39. The molecule has 9 nitrogen and oxygen atoms in total. The van der Waals surface area contributed by atoms with E-state index in [1.54, 1.807) is 28.8 Å². The van der Waals surface area contributed by atoms with Crippen molar-refractivity contribution in [3.8, 4) is 11.4 Å². The Balaban J connectivity index is 1.48. The standard InChI is InChI=1S/C25H27N5O4/c1-27(33)24-21-14-16-29(18-8-6-17(7-9-18)28-15-4-3-5-22(28)31)25(32)23(21)30(26-24)19-10-12-20(34-2)13-11-19/h6-13,33H,3-5,14-16H2,1-2H3. The number of piperidine rings is 1. The first-order valence-electron chi connectivity index (χ1n) is 11.4. The van der Waals surface area contributed by atoms with Crippen molar-refractivity contribution >= 4 is 29.0 Å². The minimum atomic E-state index is -0.195. The van der Waals surface area contributed by atoms with Crippen molar-refractivity contribution in [2.45, 2.75) is 25.7 Å². The van der Waals surface area contributed by atoms with Crippen LogP contribution in [0.1, 0.15) is 35.3 Å². The number of anilines is 3.